The van der Waals surface area contributed by atoms with E-state index in [0.717, 1.165) is 6.54 Å². The Hall–Kier alpha value is -2.16. The number of carbonyl (C=O) groups is 1. The number of pyridine rings is 1. The number of hydrogen-bond acceptors (Lipinski definition) is 2. The summed E-state index contributed by atoms with van der Waals surface area (Å²) in [6.07, 6.45) is 3.29. The van der Waals surface area contributed by atoms with Crippen molar-refractivity contribution < 1.29 is 4.79 Å². The molecule has 1 unspecified atom stereocenters. The smallest absolute Gasteiger partial charge is 0.254 e. The van der Waals surface area contributed by atoms with Crippen LogP contribution in [0.25, 0.3) is 0 Å². The first kappa shape index (κ1) is 10.0. The molecule has 1 aliphatic rings. The van der Waals surface area contributed by atoms with Crippen molar-refractivity contribution in [2.45, 2.75) is 6.04 Å². The Kier molecular flexibility index (Phi) is 2.37. The summed E-state index contributed by atoms with van der Waals surface area (Å²) in [7, 11) is 0. The van der Waals surface area contributed by atoms with Crippen molar-refractivity contribution in [1.82, 2.24) is 9.88 Å². The van der Waals surface area contributed by atoms with E-state index in [9.17, 15) is 4.79 Å². The lowest BCUT2D eigenvalue weighted by Crippen LogP contribution is -2.11. The zero-order chi connectivity index (χ0) is 11.7. The Morgan fingerprint density at radius 3 is 2.53 bits per heavy atom. The molecule has 1 fully saturated rings. The van der Waals surface area contributed by atoms with E-state index < -0.39 is 0 Å². The van der Waals surface area contributed by atoms with Gasteiger partial charge in [-0.2, -0.15) is 0 Å². The van der Waals surface area contributed by atoms with Crippen LogP contribution in [0.3, 0.4) is 0 Å². The molecule has 2 aromatic rings. The molecule has 0 saturated carbocycles. The second-order valence-corrected chi connectivity index (χ2v) is 4.12. The largest absolute Gasteiger partial charge is 0.327 e. The van der Waals surface area contributed by atoms with E-state index in [1.54, 1.807) is 24.5 Å². The van der Waals surface area contributed by atoms with Crippen LogP contribution in [0.1, 0.15) is 22.0 Å². The molecular weight excluding hydrogens is 212 g/mol. The third-order valence-electron chi connectivity index (χ3n) is 2.98. The van der Waals surface area contributed by atoms with Crippen molar-refractivity contribution in [2.24, 2.45) is 0 Å². The third kappa shape index (κ3) is 1.91. The highest BCUT2D eigenvalue weighted by molar-refractivity contribution is 5.95. The molecule has 1 atom stereocenters. The third-order valence-corrected chi connectivity index (χ3v) is 2.98. The fourth-order valence-electron chi connectivity index (χ4n) is 1.98. The molecule has 0 aliphatic carbocycles. The summed E-state index contributed by atoms with van der Waals surface area (Å²) < 4.78 is 0. The summed E-state index contributed by atoms with van der Waals surface area (Å²) >= 11 is 0. The van der Waals surface area contributed by atoms with Gasteiger partial charge in [0, 0.05) is 24.5 Å². The van der Waals surface area contributed by atoms with E-state index in [0.29, 0.717) is 5.56 Å². The molecule has 1 amide bonds. The molecule has 1 saturated heterocycles. The van der Waals surface area contributed by atoms with Gasteiger partial charge in [0.25, 0.3) is 5.91 Å². The zero-order valence-electron chi connectivity index (χ0n) is 9.28. The monoisotopic (exact) mass is 224 g/mol. The van der Waals surface area contributed by atoms with Crippen LogP contribution in [0.15, 0.2) is 54.9 Å². The summed E-state index contributed by atoms with van der Waals surface area (Å²) in [4.78, 5) is 17.9. The minimum Gasteiger partial charge on any atom is -0.327 e. The first-order valence-electron chi connectivity index (χ1n) is 5.62. The number of amides is 1. The first-order chi connectivity index (χ1) is 8.36. The van der Waals surface area contributed by atoms with Crippen LogP contribution in [-0.2, 0) is 0 Å². The van der Waals surface area contributed by atoms with Gasteiger partial charge >= 0.3 is 0 Å². The minimum atomic E-state index is 0.0845. The second-order valence-electron chi connectivity index (χ2n) is 4.12. The van der Waals surface area contributed by atoms with Crippen molar-refractivity contribution >= 4 is 5.91 Å². The van der Waals surface area contributed by atoms with Crippen molar-refractivity contribution in [3.8, 4) is 0 Å². The first-order valence-corrected chi connectivity index (χ1v) is 5.62. The highest BCUT2D eigenvalue weighted by Gasteiger charge is 2.39. The maximum absolute atomic E-state index is 12.1. The van der Waals surface area contributed by atoms with Gasteiger partial charge in [0.15, 0.2) is 0 Å². The number of nitrogens with zero attached hydrogens (tertiary/aromatic N) is 2. The van der Waals surface area contributed by atoms with Crippen LogP contribution >= 0.6 is 0 Å². The van der Waals surface area contributed by atoms with Crippen LogP contribution < -0.4 is 0 Å². The van der Waals surface area contributed by atoms with Gasteiger partial charge in [0.2, 0.25) is 0 Å². The molecule has 1 aromatic heterocycles. The van der Waals surface area contributed by atoms with Crippen LogP contribution in [0.5, 0.6) is 0 Å². The van der Waals surface area contributed by atoms with Gasteiger partial charge in [0.1, 0.15) is 0 Å². The highest BCUT2D eigenvalue weighted by atomic mass is 16.2. The fraction of sp³-hybridized carbons (Fsp3) is 0.143. The molecule has 0 N–H and O–H groups in total. The molecule has 84 valence electrons. The quantitative estimate of drug-likeness (QED) is 0.733. The Morgan fingerprint density at radius 2 is 1.82 bits per heavy atom. The van der Waals surface area contributed by atoms with Crippen molar-refractivity contribution in [3.63, 3.8) is 0 Å². The molecule has 2 heterocycles. The molecular formula is C14H12N2O. The Labute approximate surface area is 99.7 Å². The second kappa shape index (κ2) is 4.01. The van der Waals surface area contributed by atoms with Crippen LogP contribution in [-0.4, -0.2) is 22.3 Å². The van der Waals surface area contributed by atoms with Gasteiger partial charge in [-0.3, -0.25) is 9.78 Å². The molecule has 1 aromatic carbocycles. The molecule has 3 heteroatoms. The van der Waals surface area contributed by atoms with Crippen LogP contribution in [0, 0.1) is 0 Å². The molecule has 17 heavy (non-hydrogen) atoms. The van der Waals surface area contributed by atoms with Crippen LogP contribution in [0.2, 0.25) is 0 Å². The van der Waals surface area contributed by atoms with Gasteiger partial charge in [0.05, 0.1) is 6.04 Å². The Bertz CT molecular complexity index is 524. The number of rotatable bonds is 2. The van der Waals surface area contributed by atoms with Crippen molar-refractivity contribution in [3.05, 3.63) is 66.0 Å². The lowest BCUT2D eigenvalue weighted by Gasteiger charge is -2.04. The van der Waals surface area contributed by atoms with E-state index in [2.05, 4.69) is 17.1 Å². The van der Waals surface area contributed by atoms with E-state index in [-0.39, 0.29) is 11.9 Å². The molecule has 3 rings (SSSR count). The van der Waals surface area contributed by atoms with Gasteiger partial charge in [-0.25, -0.2) is 0 Å². The van der Waals surface area contributed by atoms with E-state index in [4.69, 9.17) is 0 Å². The number of aromatic nitrogens is 1. The topological polar surface area (TPSA) is 33.0 Å². The van der Waals surface area contributed by atoms with E-state index in [1.807, 2.05) is 23.1 Å². The average molecular weight is 224 g/mol. The molecule has 3 nitrogen and oxygen atoms in total. The van der Waals surface area contributed by atoms with Crippen molar-refractivity contribution in [1.29, 1.82) is 0 Å². The van der Waals surface area contributed by atoms with E-state index in [1.165, 1.54) is 5.56 Å². The van der Waals surface area contributed by atoms with Gasteiger partial charge in [-0.05, 0) is 17.7 Å². The summed E-state index contributed by atoms with van der Waals surface area (Å²) in [6.45, 7) is 0.811. The maximum Gasteiger partial charge on any atom is 0.254 e. The lowest BCUT2D eigenvalue weighted by molar-refractivity contribution is 0.0874. The standard InChI is InChI=1S/C14H12N2O/c17-14(12-6-8-15-9-7-12)16-10-13(16)11-4-2-1-3-5-11/h1-9,13H,10H2. The summed E-state index contributed by atoms with van der Waals surface area (Å²) in [5.41, 5.74) is 1.91. The maximum atomic E-state index is 12.1. The van der Waals surface area contributed by atoms with E-state index >= 15 is 0 Å². The SMILES string of the molecule is O=C(c1ccncc1)N1CC1c1ccccc1. The molecule has 0 spiro atoms. The fourth-order valence-corrected chi connectivity index (χ4v) is 1.98. The molecule has 0 radical (unpaired) electrons. The lowest BCUT2D eigenvalue weighted by atomic mass is 10.1. The summed E-state index contributed by atoms with van der Waals surface area (Å²) in [6, 6.07) is 13.9. The van der Waals surface area contributed by atoms with Gasteiger partial charge in [-0.15, -0.1) is 0 Å². The van der Waals surface area contributed by atoms with Gasteiger partial charge in [-0.1, -0.05) is 30.3 Å². The predicted molar refractivity (Wildman–Crippen MR) is 64.5 cm³/mol. The number of carbonyl (C=O) groups excluding carboxylic acids is 1. The predicted octanol–water partition coefficient (Wildman–Crippen LogP) is 2.28. The Balaban J connectivity index is 1.76. The highest BCUT2D eigenvalue weighted by Crippen LogP contribution is 2.35. The van der Waals surface area contributed by atoms with Crippen LogP contribution in [0.4, 0.5) is 0 Å². The average Bonchev–Trinajstić information content (AvgIpc) is 3.20. The summed E-state index contributed by atoms with van der Waals surface area (Å²) in [5.74, 6) is 0.0845. The molecule has 0 bridgehead atoms. The minimum absolute atomic E-state index is 0.0845. The number of hydrogen-bond donors (Lipinski definition) is 0. The molecule has 1 aliphatic heterocycles. The zero-order valence-corrected chi connectivity index (χ0v) is 9.28. The number of benzene rings is 1. The Morgan fingerprint density at radius 1 is 1.12 bits per heavy atom. The van der Waals surface area contributed by atoms with Crippen molar-refractivity contribution in [2.75, 3.05) is 6.54 Å². The normalized spacial score (nSPS) is 17.9. The summed E-state index contributed by atoms with van der Waals surface area (Å²) in [5, 5.41) is 0. The van der Waals surface area contributed by atoms with Gasteiger partial charge < -0.3 is 4.90 Å².